The van der Waals surface area contributed by atoms with E-state index in [-0.39, 0.29) is 12.0 Å². The highest BCUT2D eigenvalue weighted by Crippen LogP contribution is 2.16. The number of carbonyl (C=O) groups is 1. The third-order valence-electron chi connectivity index (χ3n) is 2.01. The van der Waals surface area contributed by atoms with E-state index in [4.69, 9.17) is 9.15 Å². The molecule has 0 spiro atoms. The first-order valence-corrected chi connectivity index (χ1v) is 6.40. The van der Waals surface area contributed by atoms with Crippen LogP contribution in [-0.4, -0.2) is 41.6 Å². The molecule has 6 nitrogen and oxygen atoms in total. The van der Waals surface area contributed by atoms with Gasteiger partial charge in [0, 0.05) is 12.7 Å². The van der Waals surface area contributed by atoms with Crippen LogP contribution in [0.1, 0.15) is 19.2 Å². The lowest BCUT2D eigenvalue weighted by Crippen LogP contribution is -2.40. The standard InChI is InChI=1S/C10H17N3O3S/c1-4-5-11-8(9(14)15-3)6-17-10-13-12-7(2)16-10/h8,11H,4-6H2,1-3H3. The summed E-state index contributed by atoms with van der Waals surface area (Å²) in [5.41, 5.74) is 0. The van der Waals surface area contributed by atoms with Crippen molar-refractivity contribution in [2.75, 3.05) is 19.4 Å². The summed E-state index contributed by atoms with van der Waals surface area (Å²) in [4.78, 5) is 11.5. The van der Waals surface area contributed by atoms with Gasteiger partial charge in [-0.05, 0) is 13.0 Å². The van der Waals surface area contributed by atoms with Gasteiger partial charge in [-0.15, -0.1) is 10.2 Å². The molecule has 0 aliphatic carbocycles. The predicted octanol–water partition coefficient (Wildman–Crippen LogP) is 1.01. The molecule has 1 aromatic rings. The maximum absolute atomic E-state index is 11.5. The van der Waals surface area contributed by atoms with Crippen LogP contribution in [0.4, 0.5) is 0 Å². The highest BCUT2D eigenvalue weighted by molar-refractivity contribution is 7.99. The number of nitrogens with one attached hydrogen (secondary N) is 1. The van der Waals surface area contributed by atoms with Crippen LogP contribution in [0.25, 0.3) is 0 Å². The van der Waals surface area contributed by atoms with Crippen LogP contribution in [-0.2, 0) is 9.53 Å². The van der Waals surface area contributed by atoms with Crippen LogP contribution >= 0.6 is 11.8 Å². The zero-order valence-electron chi connectivity index (χ0n) is 10.2. The van der Waals surface area contributed by atoms with E-state index in [1.54, 1.807) is 6.92 Å². The van der Waals surface area contributed by atoms with Crippen LogP contribution in [0, 0.1) is 6.92 Å². The summed E-state index contributed by atoms with van der Waals surface area (Å²) >= 11 is 1.34. The number of thioether (sulfide) groups is 1. The number of nitrogens with zero attached hydrogens (tertiary/aromatic N) is 2. The van der Waals surface area contributed by atoms with E-state index in [1.165, 1.54) is 18.9 Å². The summed E-state index contributed by atoms with van der Waals surface area (Å²) in [6.45, 7) is 4.53. The summed E-state index contributed by atoms with van der Waals surface area (Å²) in [6.07, 6.45) is 0.956. The molecule has 17 heavy (non-hydrogen) atoms. The van der Waals surface area contributed by atoms with E-state index in [0.717, 1.165) is 13.0 Å². The second-order valence-electron chi connectivity index (χ2n) is 3.43. The van der Waals surface area contributed by atoms with Crippen molar-refractivity contribution in [3.8, 4) is 0 Å². The Kier molecular flexibility index (Phi) is 5.99. The number of rotatable bonds is 7. The second kappa shape index (κ2) is 7.29. The van der Waals surface area contributed by atoms with Gasteiger partial charge < -0.3 is 14.5 Å². The Bertz CT molecular complexity index is 356. The number of ether oxygens (including phenoxy) is 1. The maximum atomic E-state index is 11.5. The SMILES string of the molecule is CCCNC(CSc1nnc(C)o1)C(=O)OC. The fourth-order valence-electron chi connectivity index (χ4n) is 1.16. The van der Waals surface area contributed by atoms with Crippen LogP contribution in [0.5, 0.6) is 0 Å². The number of aromatic nitrogens is 2. The molecule has 1 atom stereocenters. The second-order valence-corrected chi connectivity index (χ2v) is 4.40. The molecule has 0 aliphatic heterocycles. The number of hydrogen-bond donors (Lipinski definition) is 1. The van der Waals surface area contributed by atoms with Crippen molar-refractivity contribution in [3.63, 3.8) is 0 Å². The van der Waals surface area contributed by atoms with Gasteiger partial charge in [0.05, 0.1) is 7.11 Å². The van der Waals surface area contributed by atoms with Crippen LogP contribution < -0.4 is 5.32 Å². The lowest BCUT2D eigenvalue weighted by Gasteiger charge is -2.14. The third kappa shape index (κ3) is 4.74. The van der Waals surface area contributed by atoms with Crippen molar-refractivity contribution in [1.29, 1.82) is 0 Å². The third-order valence-corrected chi connectivity index (χ3v) is 2.92. The minimum Gasteiger partial charge on any atom is -0.468 e. The van der Waals surface area contributed by atoms with Gasteiger partial charge in [0.1, 0.15) is 6.04 Å². The Labute approximate surface area is 105 Å². The molecule has 1 aromatic heterocycles. The molecule has 1 heterocycles. The van der Waals surface area contributed by atoms with Crippen LogP contribution in [0.15, 0.2) is 9.64 Å². The summed E-state index contributed by atoms with van der Waals surface area (Å²) in [7, 11) is 1.38. The zero-order chi connectivity index (χ0) is 12.7. The molecule has 0 bridgehead atoms. The van der Waals surface area contributed by atoms with E-state index < -0.39 is 0 Å². The van der Waals surface area contributed by atoms with Gasteiger partial charge in [-0.1, -0.05) is 18.7 Å². The van der Waals surface area contributed by atoms with Gasteiger partial charge in [-0.2, -0.15) is 0 Å². The van der Waals surface area contributed by atoms with E-state index >= 15 is 0 Å². The largest absolute Gasteiger partial charge is 0.468 e. The monoisotopic (exact) mass is 259 g/mol. The molecule has 0 amide bonds. The Morgan fingerprint density at radius 1 is 1.59 bits per heavy atom. The fraction of sp³-hybridized carbons (Fsp3) is 0.700. The normalized spacial score (nSPS) is 12.4. The number of esters is 1. The highest BCUT2D eigenvalue weighted by Gasteiger charge is 2.19. The van der Waals surface area contributed by atoms with Crippen molar-refractivity contribution >= 4 is 17.7 Å². The zero-order valence-corrected chi connectivity index (χ0v) is 11.0. The molecule has 0 fully saturated rings. The van der Waals surface area contributed by atoms with Gasteiger partial charge >= 0.3 is 5.97 Å². The first-order chi connectivity index (χ1) is 8.17. The summed E-state index contributed by atoms with van der Waals surface area (Å²) in [6, 6.07) is -0.350. The van der Waals surface area contributed by atoms with Gasteiger partial charge in [-0.3, -0.25) is 4.79 Å². The molecule has 7 heteroatoms. The average Bonchev–Trinajstić information content (AvgIpc) is 2.74. The van der Waals surface area contributed by atoms with E-state index in [2.05, 4.69) is 15.5 Å². The lowest BCUT2D eigenvalue weighted by molar-refractivity contribution is -0.142. The van der Waals surface area contributed by atoms with Crippen LogP contribution in [0.3, 0.4) is 0 Å². The molecule has 1 unspecified atom stereocenters. The van der Waals surface area contributed by atoms with E-state index in [1.807, 2.05) is 6.92 Å². The molecule has 1 rings (SSSR count). The highest BCUT2D eigenvalue weighted by atomic mass is 32.2. The molecule has 0 aliphatic rings. The van der Waals surface area contributed by atoms with Crippen molar-refractivity contribution in [2.45, 2.75) is 31.5 Å². The molecule has 0 saturated heterocycles. The number of methoxy groups -OCH3 is 1. The van der Waals surface area contributed by atoms with Crippen molar-refractivity contribution in [3.05, 3.63) is 5.89 Å². The van der Waals surface area contributed by atoms with Crippen molar-refractivity contribution in [2.24, 2.45) is 0 Å². The van der Waals surface area contributed by atoms with Gasteiger partial charge in [0.15, 0.2) is 0 Å². The molecule has 0 radical (unpaired) electrons. The Morgan fingerprint density at radius 2 is 2.35 bits per heavy atom. The number of hydrogen-bond acceptors (Lipinski definition) is 7. The Hall–Kier alpha value is -1.08. The van der Waals surface area contributed by atoms with E-state index in [9.17, 15) is 4.79 Å². The Morgan fingerprint density at radius 3 is 2.88 bits per heavy atom. The van der Waals surface area contributed by atoms with E-state index in [0.29, 0.717) is 16.9 Å². The fourth-order valence-corrected chi connectivity index (χ4v) is 2.00. The van der Waals surface area contributed by atoms with Crippen molar-refractivity contribution in [1.82, 2.24) is 15.5 Å². The average molecular weight is 259 g/mol. The molecule has 1 N–H and O–H groups in total. The topological polar surface area (TPSA) is 77.3 Å². The predicted molar refractivity (Wildman–Crippen MR) is 63.9 cm³/mol. The molecule has 0 aromatic carbocycles. The summed E-state index contributed by atoms with van der Waals surface area (Å²) in [5.74, 6) is 0.750. The quantitative estimate of drug-likeness (QED) is 0.578. The minimum atomic E-state index is -0.350. The Balaban J connectivity index is 2.45. The summed E-state index contributed by atoms with van der Waals surface area (Å²) < 4.78 is 9.93. The number of carbonyl (C=O) groups excluding carboxylic acids is 1. The summed E-state index contributed by atoms with van der Waals surface area (Å²) in [5, 5.41) is 11.1. The smallest absolute Gasteiger partial charge is 0.323 e. The van der Waals surface area contributed by atoms with Gasteiger partial charge in [-0.25, -0.2) is 0 Å². The molecule has 96 valence electrons. The first-order valence-electron chi connectivity index (χ1n) is 5.41. The molecule has 0 saturated carbocycles. The van der Waals surface area contributed by atoms with Crippen molar-refractivity contribution < 1.29 is 13.9 Å². The van der Waals surface area contributed by atoms with Crippen LogP contribution in [0.2, 0.25) is 0 Å². The molecular formula is C10H17N3O3S. The number of aryl methyl sites for hydroxylation is 1. The lowest BCUT2D eigenvalue weighted by atomic mass is 10.3. The first kappa shape index (κ1) is 14.0. The minimum absolute atomic E-state index is 0.276. The molecular weight excluding hydrogens is 242 g/mol. The van der Waals surface area contributed by atoms with Gasteiger partial charge in [0.2, 0.25) is 5.89 Å². The maximum Gasteiger partial charge on any atom is 0.323 e. The van der Waals surface area contributed by atoms with Gasteiger partial charge in [0.25, 0.3) is 5.22 Å².